The van der Waals surface area contributed by atoms with Gasteiger partial charge in [0.05, 0.1) is 23.4 Å². The molecule has 1 aromatic rings. The van der Waals surface area contributed by atoms with Gasteiger partial charge in [-0.3, -0.25) is 9.59 Å². The van der Waals surface area contributed by atoms with Crippen LogP contribution in [0.2, 0.25) is 5.02 Å². The molecule has 0 radical (unpaired) electrons. The summed E-state index contributed by atoms with van der Waals surface area (Å²) < 4.78 is 5.26. The molecule has 2 rings (SSSR count). The molecule has 5 nitrogen and oxygen atoms in total. The summed E-state index contributed by atoms with van der Waals surface area (Å²) in [6.45, 7) is 1.40. The number of hydrogen-bond donors (Lipinski definition) is 2. The molecule has 0 aliphatic heterocycles. The van der Waals surface area contributed by atoms with Crippen LogP contribution in [0.25, 0.3) is 0 Å². The predicted molar refractivity (Wildman–Crippen MR) is 86.6 cm³/mol. The molecule has 22 heavy (non-hydrogen) atoms. The Labute approximate surface area is 135 Å². The normalized spacial score (nSPS) is 15.2. The molecule has 6 heteroatoms. The fourth-order valence-corrected chi connectivity index (χ4v) is 2.91. The van der Waals surface area contributed by atoms with Crippen molar-refractivity contribution in [3.8, 4) is 5.75 Å². The Balaban J connectivity index is 2.19. The number of amides is 2. The van der Waals surface area contributed by atoms with E-state index in [1.165, 1.54) is 26.5 Å². The van der Waals surface area contributed by atoms with Crippen molar-refractivity contribution < 1.29 is 14.3 Å². The van der Waals surface area contributed by atoms with Gasteiger partial charge >= 0.3 is 0 Å². The number of hydrogen-bond acceptors (Lipinski definition) is 3. The molecule has 0 heterocycles. The highest BCUT2D eigenvalue weighted by atomic mass is 35.5. The molecule has 0 unspecified atom stereocenters. The van der Waals surface area contributed by atoms with E-state index >= 15 is 0 Å². The Morgan fingerprint density at radius 3 is 2.50 bits per heavy atom. The number of halogens is 1. The van der Waals surface area contributed by atoms with Crippen LogP contribution in [0.5, 0.6) is 5.75 Å². The van der Waals surface area contributed by atoms with Crippen LogP contribution in [0.4, 0.5) is 5.69 Å². The lowest BCUT2D eigenvalue weighted by atomic mass is 9.95. The van der Waals surface area contributed by atoms with Gasteiger partial charge in [0.2, 0.25) is 5.91 Å². The molecule has 0 atom stereocenters. The van der Waals surface area contributed by atoms with E-state index in [0.29, 0.717) is 22.0 Å². The second-order valence-electron chi connectivity index (χ2n) is 5.52. The zero-order valence-electron chi connectivity index (χ0n) is 12.9. The first kappa shape index (κ1) is 16.6. The van der Waals surface area contributed by atoms with Crippen LogP contribution in [-0.4, -0.2) is 25.0 Å². The highest BCUT2D eigenvalue weighted by Crippen LogP contribution is 2.31. The smallest absolute Gasteiger partial charge is 0.255 e. The summed E-state index contributed by atoms with van der Waals surface area (Å²) >= 11 is 6.14. The molecule has 0 bridgehead atoms. The third kappa shape index (κ3) is 4.13. The van der Waals surface area contributed by atoms with E-state index in [-0.39, 0.29) is 17.9 Å². The quantitative estimate of drug-likeness (QED) is 0.892. The number of benzene rings is 1. The van der Waals surface area contributed by atoms with E-state index < -0.39 is 0 Å². The minimum atomic E-state index is -0.233. The Morgan fingerprint density at radius 1 is 1.23 bits per heavy atom. The van der Waals surface area contributed by atoms with E-state index in [0.717, 1.165) is 25.7 Å². The molecule has 1 saturated carbocycles. The molecule has 1 aromatic carbocycles. The second-order valence-corrected chi connectivity index (χ2v) is 5.93. The van der Waals surface area contributed by atoms with Crippen molar-refractivity contribution in [2.24, 2.45) is 0 Å². The zero-order chi connectivity index (χ0) is 16.1. The number of carbonyl (C=O) groups excluding carboxylic acids is 2. The molecular formula is C16H21ClN2O3. The summed E-state index contributed by atoms with van der Waals surface area (Å²) in [6, 6.07) is 3.31. The SMILES string of the molecule is COc1cc(NC(C)=O)c(Cl)cc1C(=O)NC1CCCCC1. The minimum Gasteiger partial charge on any atom is -0.496 e. The number of carbonyl (C=O) groups is 2. The van der Waals surface area contributed by atoms with Crippen LogP contribution in [0, 0.1) is 0 Å². The number of nitrogens with one attached hydrogen (secondary N) is 2. The van der Waals surface area contributed by atoms with Crippen molar-refractivity contribution in [2.45, 2.75) is 45.1 Å². The summed E-state index contributed by atoms with van der Waals surface area (Å²) in [7, 11) is 1.48. The number of methoxy groups -OCH3 is 1. The van der Waals surface area contributed by atoms with Gasteiger partial charge in [-0.1, -0.05) is 30.9 Å². The van der Waals surface area contributed by atoms with Crippen molar-refractivity contribution in [1.82, 2.24) is 5.32 Å². The summed E-state index contributed by atoms with van der Waals surface area (Å²) in [5.74, 6) is -0.0372. The number of rotatable bonds is 4. The van der Waals surface area contributed by atoms with Crippen molar-refractivity contribution in [3.05, 3.63) is 22.7 Å². The Hall–Kier alpha value is -1.75. The number of anilines is 1. The average Bonchev–Trinajstić information content (AvgIpc) is 2.49. The molecule has 1 aliphatic rings. The maximum atomic E-state index is 12.4. The van der Waals surface area contributed by atoms with E-state index in [2.05, 4.69) is 10.6 Å². The van der Waals surface area contributed by atoms with Gasteiger partial charge in [-0.25, -0.2) is 0 Å². The molecule has 2 N–H and O–H groups in total. The maximum absolute atomic E-state index is 12.4. The highest BCUT2D eigenvalue weighted by molar-refractivity contribution is 6.34. The van der Waals surface area contributed by atoms with Crippen LogP contribution in [-0.2, 0) is 4.79 Å². The van der Waals surface area contributed by atoms with E-state index in [4.69, 9.17) is 16.3 Å². The standard InChI is InChI=1S/C16H21ClN2O3/c1-10(20)18-14-9-15(22-2)12(8-13(14)17)16(21)19-11-6-4-3-5-7-11/h8-9,11H,3-7H2,1-2H3,(H,18,20)(H,19,21). The van der Waals surface area contributed by atoms with Gasteiger partial charge in [0, 0.05) is 19.0 Å². The Bertz CT molecular complexity index is 569. The van der Waals surface area contributed by atoms with Crippen LogP contribution in [0.15, 0.2) is 12.1 Å². The molecule has 1 fully saturated rings. The van der Waals surface area contributed by atoms with E-state index in [1.807, 2.05) is 0 Å². The van der Waals surface area contributed by atoms with Gasteiger partial charge in [-0.15, -0.1) is 0 Å². The van der Waals surface area contributed by atoms with E-state index in [9.17, 15) is 9.59 Å². The second kappa shape index (κ2) is 7.49. The summed E-state index contributed by atoms with van der Waals surface area (Å²) in [6.07, 6.45) is 5.53. The first-order chi connectivity index (χ1) is 10.5. The number of ether oxygens (including phenoxy) is 1. The first-order valence-corrected chi connectivity index (χ1v) is 7.85. The molecule has 0 saturated heterocycles. The first-order valence-electron chi connectivity index (χ1n) is 7.47. The molecule has 2 amide bonds. The third-order valence-corrected chi connectivity index (χ3v) is 4.10. The van der Waals surface area contributed by atoms with Gasteiger partial charge < -0.3 is 15.4 Å². The average molecular weight is 325 g/mol. The fraction of sp³-hybridized carbons (Fsp3) is 0.500. The van der Waals surface area contributed by atoms with Crippen molar-refractivity contribution >= 4 is 29.1 Å². The van der Waals surface area contributed by atoms with Crippen LogP contribution in [0.1, 0.15) is 49.4 Å². The van der Waals surface area contributed by atoms with Crippen LogP contribution < -0.4 is 15.4 Å². The van der Waals surface area contributed by atoms with Gasteiger partial charge in [0.25, 0.3) is 5.91 Å². The lowest BCUT2D eigenvalue weighted by Gasteiger charge is -2.23. The predicted octanol–water partition coefficient (Wildman–Crippen LogP) is 3.37. The Morgan fingerprint density at radius 2 is 1.91 bits per heavy atom. The summed E-state index contributed by atoms with van der Waals surface area (Å²) in [5.41, 5.74) is 0.812. The van der Waals surface area contributed by atoms with Gasteiger partial charge in [-0.2, -0.15) is 0 Å². The fourth-order valence-electron chi connectivity index (χ4n) is 2.70. The maximum Gasteiger partial charge on any atom is 0.255 e. The van der Waals surface area contributed by atoms with Crippen LogP contribution in [0.3, 0.4) is 0 Å². The third-order valence-electron chi connectivity index (χ3n) is 3.78. The molecular weight excluding hydrogens is 304 g/mol. The lowest BCUT2D eigenvalue weighted by Crippen LogP contribution is -2.36. The van der Waals surface area contributed by atoms with Gasteiger partial charge in [-0.05, 0) is 18.9 Å². The Kier molecular flexibility index (Phi) is 5.66. The van der Waals surface area contributed by atoms with Crippen molar-refractivity contribution in [1.29, 1.82) is 0 Å². The molecule has 0 aromatic heterocycles. The topological polar surface area (TPSA) is 67.4 Å². The monoisotopic (exact) mass is 324 g/mol. The zero-order valence-corrected chi connectivity index (χ0v) is 13.6. The van der Waals surface area contributed by atoms with Crippen molar-refractivity contribution in [3.63, 3.8) is 0 Å². The minimum absolute atomic E-state index is 0.194. The molecule has 0 spiro atoms. The molecule has 120 valence electrons. The van der Waals surface area contributed by atoms with Crippen molar-refractivity contribution in [2.75, 3.05) is 12.4 Å². The van der Waals surface area contributed by atoms with Gasteiger partial charge in [0.1, 0.15) is 5.75 Å². The highest BCUT2D eigenvalue weighted by Gasteiger charge is 2.20. The summed E-state index contributed by atoms with van der Waals surface area (Å²) in [5, 5.41) is 5.96. The van der Waals surface area contributed by atoms with E-state index in [1.54, 1.807) is 6.07 Å². The summed E-state index contributed by atoms with van der Waals surface area (Å²) in [4.78, 5) is 23.6. The lowest BCUT2D eigenvalue weighted by molar-refractivity contribution is -0.114. The largest absolute Gasteiger partial charge is 0.496 e. The molecule has 1 aliphatic carbocycles. The van der Waals surface area contributed by atoms with Gasteiger partial charge in [0.15, 0.2) is 0 Å². The van der Waals surface area contributed by atoms with Crippen LogP contribution >= 0.6 is 11.6 Å².